The number of ether oxygens (including phenoxy) is 2. The van der Waals surface area contributed by atoms with Crippen LogP contribution in [0.3, 0.4) is 0 Å². The Kier molecular flexibility index (Phi) is 7.18. The van der Waals surface area contributed by atoms with Crippen LogP contribution in [0.1, 0.15) is 13.8 Å². The number of esters is 1. The monoisotopic (exact) mass is 328 g/mol. The van der Waals surface area contributed by atoms with Gasteiger partial charge in [0.15, 0.2) is 12.7 Å². The van der Waals surface area contributed by atoms with E-state index in [0.717, 1.165) is 0 Å². The second kappa shape index (κ2) is 8.89. The summed E-state index contributed by atoms with van der Waals surface area (Å²) in [4.78, 5) is 34.1. The van der Waals surface area contributed by atoms with Crippen molar-refractivity contribution in [2.45, 2.75) is 20.0 Å². The molecule has 0 aliphatic carbocycles. The number of urea groups is 1. The standard InChI is InChI=1S/C14H17ClN2O5/c1-3-16-14(20)17-12(18)8-21-13(19)9(2)22-11-6-4-10(15)5-7-11/h4-7,9H,3,8H2,1-2H3,(H2,16,17,18,20)/t9-/m0/s1. The van der Waals surface area contributed by atoms with Crippen molar-refractivity contribution in [3.63, 3.8) is 0 Å². The Balaban J connectivity index is 2.36. The van der Waals surface area contributed by atoms with Crippen molar-refractivity contribution in [2.24, 2.45) is 0 Å². The molecule has 0 fully saturated rings. The van der Waals surface area contributed by atoms with E-state index in [4.69, 9.17) is 21.1 Å². The molecule has 0 saturated carbocycles. The highest BCUT2D eigenvalue weighted by atomic mass is 35.5. The van der Waals surface area contributed by atoms with Crippen molar-refractivity contribution >= 4 is 29.5 Å². The van der Waals surface area contributed by atoms with Gasteiger partial charge in [-0.2, -0.15) is 0 Å². The molecule has 3 amide bonds. The topological polar surface area (TPSA) is 93.7 Å². The van der Waals surface area contributed by atoms with Gasteiger partial charge in [0.05, 0.1) is 0 Å². The zero-order chi connectivity index (χ0) is 16.5. The number of imide groups is 1. The molecule has 0 aromatic heterocycles. The molecule has 22 heavy (non-hydrogen) atoms. The van der Waals surface area contributed by atoms with Crippen LogP contribution in [0.4, 0.5) is 4.79 Å². The van der Waals surface area contributed by atoms with Gasteiger partial charge in [0.1, 0.15) is 5.75 Å². The quantitative estimate of drug-likeness (QED) is 0.772. The maximum absolute atomic E-state index is 11.7. The Hall–Kier alpha value is -2.28. The summed E-state index contributed by atoms with van der Waals surface area (Å²) in [5.74, 6) is -1.00. The van der Waals surface area contributed by atoms with Crippen LogP contribution in [-0.4, -0.2) is 37.2 Å². The average molecular weight is 329 g/mol. The fourth-order valence-electron chi connectivity index (χ4n) is 1.39. The summed E-state index contributed by atoms with van der Waals surface area (Å²) in [7, 11) is 0. The third-order valence-corrected chi connectivity index (χ3v) is 2.65. The molecule has 0 radical (unpaired) electrons. The maximum atomic E-state index is 11.7. The normalized spacial score (nSPS) is 11.2. The van der Waals surface area contributed by atoms with Gasteiger partial charge in [-0.25, -0.2) is 9.59 Å². The summed E-state index contributed by atoms with van der Waals surface area (Å²) >= 11 is 5.73. The maximum Gasteiger partial charge on any atom is 0.347 e. The lowest BCUT2D eigenvalue weighted by atomic mass is 10.3. The van der Waals surface area contributed by atoms with Crippen molar-refractivity contribution in [3.8, 4) is 5.75 Å². The largest absolute Gasteiger partial charge is 0.479 e. The first-order valence-corrected chi connectivity index (χ1v) is 6.96. The van der Waals surface area contributed by atoms with E-state index in [0.29, 0.717) is 17.3 Å². The molecule has 0 spiro atoms. The van der Waals surface area contributed by atoms with Gasteiger partial charge >= 0.3 is 12.0 Å². The smallest absolute Gasteiger partial charge is 0.347 e. The number of nitrogens with one attached hydrogen (secondary N) is 2. The van der Waals surface area contributed by atoms with Crippen molar-refractivity contribution in [3.05, 3.63) is 29.3 Å². The molecule has 120 valence electrons. The number of carbonyl (C=O) groups excluding carboxylic acids is 3. The van der Waals surface area contributed by atoms with E-state index < -0.39 is 30.6 Å². The van der Waals surface area contributed by atoms with Gasteiger partial charge in [-0.15, -0.1) is 0 Å². The van der Waals surface area contributed by atoms with Crippen LogP contribution < -0.4 is 15.4 Å². The second-order valence-corrected chi connectivity index (χ2v) is 4.67. The van der Waals surface area contributed by atoms with Crippen molar-refractivity contribution < 1.29 is 23.9 Å². The molecular formula is C14H17ClN2O5. The number of hydrogen-bond donors (Lipinski definition) is 2. The molecule has 1 aromatic carbocycles. The van der Waals surface area contributed by atoms with Crippen LogP contribution in [0.2, 0.25) is 5.02 Å². The van der Waals surface area contributed by atoms with E-state index in [1.165, 1.54) is 6.92 Å². The third kappa shape index (κ3) is 6.45. The van der Waals surface area contributed by atoms with Gasteiger partial charge in [-0.05, 0) is 38.1 Å². The second-order valence-electron chi connectivity index (χ2n) is 4.23. The summed E-state index contributed by atoms with van der Waals surface area (Å²) in [5, 5.41) is 4.93. The molecule has 0 aliphatic rings. The zero-order valence-electron chi connectivity index (χ0n) is 12.2. The van der Waals surface area contributed by atoms with E-state index in [9.17, 15) is 14.4 Å². The fourth-order valence-corrected chi connectivity index (χ4v) is 1.51. The molecule has 0 unspecified atom stereocenters. The third-order valence-electron chi connectivity index (χ3n) is 2.39. The highest BCUT2D eigenvalue weighted by Gasteiger charge is 2.18. The first-order valence-electron chi connectivity index (χ1n) is 6.59. The fraction of sp³-hybridized carbons (Fsp3) is 0.357. The lowest BCUT2D eigenvalue weighted by Crippen LogP contribution is -2.41. The van der Waals surface area contributed by atoms with Gasteiger partial charge in [0.25, 0.3) is 5.91 Å². The van der Waals surface area contributed by atoms with E-state index in [1.807, 2.05) is 5.32 Å². The number of hydrogen-bond acceptors (Lipinski definition) is 5. The zero-order valence-corrected chi connectivity index (χ0v) is 13.0. The van der Waals surface area contributed by atoms with E-state index in [-0.39, 0.29) is 0 Å². The molecule has 0 bridgehead atoms. The lowest BCUT2D eigenvalue weighted by molar-refractivity contribution is -0.154. The molecule has 0 aliphatic heterocycles. The van der Waals surface area contributed by atoms with Crippen LogP contribution in [0.5, 0.6) is 5.75 Å². The molecular weight excluding hydrogens is 312 g/mol. The molecule has 7 nitrogen and oxygen atoms in total. The van der Waals surface area contributed by atoms with Crippen LogP contribution in [0.25, 0.3) is 0 Å². The Morgan fingerprint density at radius 1 is 1.23 bits per heavy atom. The van der Waals surface area contributed by atoms with Crippen LogP contribution in [0, 0.1) is 0 Å². The lowest BCUT2D eigenvalue weighted by Gasteiger charge is -2.13. The summed E-state index contributed by atoms with van der Waals surface area (Å²) in [5.41, 5.74) is 0. The Bertz CT molecular complexity index is 533. The first-order chi connectivity index (χ1) is 10.4. The van der Waals surface area contributed by atoms with Crippen LogP contribution >= 0.6 is 11.6 Å². The Morgan fingerprint density at radius 3 is 2.45 bits per heavy atom. The van der Waals surface area contributed by atoms with E-state index in [1.54, 1.807) is 31.2 Å². The van der Waals surface area contributed by atoms with Gasteiger partial charge in [0.2, 0.25) is 0 Å². The van der Waals surface area contributed by atoms with E-state index >= 15 is 0 Å². The molecule has 1 rings (SSSR count). The summed E-state index contributed by atoms with van der Waals surface area (Å²) < 4.78 is 10.1. The average Bonchev–Trinajstić information content (AvgIpc) is 2.47. The van der Waals surface area contributed by atoms with Crippen molar-refractivity contribution in [2.75, 3.05) is 13.2 Å². The van der Waals surface area contributed by atoms with Gasteiger partial charge in [-0.3, -0.25) is 10.1 Å². The Labute approximate surface area is 132 Å². The number of halogens is 1. The molecule has 0 saturated heterocycles. The molecule has 2 N–H and O–H groups in total. The minimum absolute atomic E-state index is 0.380. The van der Waals surface area contributed by atoms with Crippen LogP contribution in [0.15, 0.2) is 24.3 Å². The van der Waals surface area contributed by atoms with Crippen LogP contribution in [-0.2, 0) is 14.3 Å². The number of carbonyl (C=O) groups is 3. The molecule has 0 heterocycles. The highest BCUT2D eigenvalue weighted by molar-refractivity contribution is 6.30. The SMILES string of the molecule is CCNC(=O)NC(=O)COC(=O)[C@H](C)Oc1ccc(Cl)cc1. The summed E-state index contributed by atoms with van der Waals surface area (Å²) in [6.45, 7) is 3.01. The van der Waals surface area contributed by atoms with Crippen molar-refractivity contribution in [1.29, 1.82) is 0 Å². The molecule has 1 atom stereocenters. The van der Waals surface area contributed by atoms with Gasteiger partial charge in [-0.1, -0.05) is 11.6 Å². The molecule has 8 heteroatoms. The minimum atomic E-state index is -0.904. The predicted molar refractivity (Wildman–Crippen MR) is 79.7 cm³/mol. The summed E-state index contributed by atoms with van der Waals surface area (Å²) in [6.07, 6.45) is -0.904. The highest BCUT2D eigenvalue weighted by Crippen LogP contribution is 2.17. The number of rotatable bonds is 6. The molecule has 1 aromatic rings. The summed E-state index contributed by atoms with van der Waals surface area (Å²) in [6, 6.07) is 5.81. The van der Waals surface area contributed by atoms with E-state index in [2.05, 4.69) is 5.32 Å². The minimum Gasteiger partial charge on any atom is -0.479 e. The predicted octanol–water partition coefficient (Wildman–Crippen LogP) is 1.50. The van der Waals surface area contributed by atoms with Gasteiger partial charge < -0.3 is 14.8 Å². The number of amides is 3. The first kappa shape index (κ1) is 17.8. The van der Waals surface area contributed by atoms with Crippen molar-refractivity contribution in [1.82, 2.24) is 10.6 Å². The number of benzene rings is 1. The van der Waals surface area contributed by atoms with Gasteiger partial charge in [0, 0.05) is 11.6 Å². The Morgan fingerprint density at radius 2 is 1.86 bits per heavy atom.